The number of amides is 2. The van der Waals surface area contributed by atoms with Crippen molar-refractivity contribution in [3.8, 4) is 0 Å². The van der Waals surface area contributed by atoms with Crippen LogP contribution in [0.5, 0.6) is 0 Å². The van der Waals surface area contributed by atoms with Gasteiger partial charge in [-0.05, 0) is 6.92 Å². The van der Waals surface area contributed by atoms with Gasteiger partial charge < -0.3 is 20.1 Å². The zero-order valence-corrected chi connectivity index (χ0v) is 14.6. The van der Waals surface area contributed by atoms with Crippen molar-refractivity contribution in [3.63, 3.8) is 0 Å². The van der Waals surface area contributed by atoms with Crippen LogP contribution >= 0.6 is 11.8 Å². The minimum atomic E-state index is -1.17. The van der Waals surface area contributed by atoms with Crippen molar-refractivity contribution < 1.29 is 29.0 Å². The number of carboxylic acid groups (broad SMARTS) is 1. The number of nitrogens with zero attached hydrogens (tertiary/aromatic N) is 1. The average Bonchev–Trinajstić information content (AvgIpc) is 3.16. The molecule has 26 heavy (non-hydrogen) atoms. The van der Waals surface area contributed by atoms with Crippen molar-refractivity contribution in [3.05, 3.63) is 35.9 Å². The van der Waals surface area contributed by atoms with E-state index in [2.05, 4.69) is 5.32 Å². The molecule has 0 aromatic heterocycles. The number of benzene rings is 1. The molecule has 2 saturated heterocycles. The van der Waals surface area contributed by atoms with Gasteiger partial charge in [0.05, 0.1) is 4.75 Å². The van der Waals surface area contributed by atoms with E-state index in [-0.39, 0.29) is 6.47 Å². The highest BCUT2D eigenvalue weighted by atomic mass is 32.2. The summed E-state index contributed by atoms with van der Waals surface area (Å²) in [6, 6.07) is 7.64. The fourth-order valence-electron chi connectivity index (χ4n) is 3.92. The molecule has 1 aromatic rings. The van der Waals surface area contributed by atoms with Gasteiger partial charge >= 0.3 is 5.97 Å². The summed E-state index contributed by atoms with van der Waals surface area (Å²) in [5.41, 5.74) is -0.685. The summed E-state index contributed by atoms with van der Waals surface area (Å²) < 4.78 is 4.36. The summed E-state index contributed by atoms with van der Waals surface area (Å²) in [5.74, 6) is -2.05. The van der Waals surface area contributed by atoms with Gasteiger partial charge in [0.1, 0.15) is 11.4 Å². The Morgan fingerprint density at radius 2 is 2.12 bits per heavy atom. The second-order valence-electron chi connectivity index (χ2n) is 6.80. The summed E-state index contributed by atoms with van der Waals surface area (Å²) in [5, 5.41) is 11.7. The smallest absolute Gasteiger partial charge is 0.331 e. The number of hydrogen-bond acceptors (Lipinski definition) is 6. The first-order valence-corrected chi connectivity index (χ1v) is 8.92. The monoisotopic (exact) mass is 376 g/mol. The Balaban J connectivity index is 1.50. The zero-order valence-electron chi connectivity index (χ0n) is 13.7. The maximum Gasteiger partial charge on any atom is 0.331 e. The van der Waals surface area contributed by atoms with Crippen LogP contribution in [-0.4, -0.2) is 56.0 Å². The van der Waals surface area contributed by atoms with Crippen molar-refractivity contribution in [2.75, 3.05) is 0 Å². The Labute approximate surface area is 152 Å². The highest BCUT2D eigenvalue weighted by Gasteiger charge is 2.85. The lowest BCUT2D eigenvalue weighted by molar-refractivity contribution is -0.164. The van der Waals surface area contributed by atoms with Gasteiger partial charge in [-0.1, -0.05) is 30.3 Å². The van der Waals surface area contributed by atoms with Crippen molar-refractivity contribution in [1.82, 2.24) is 10.2 Å². The fourth-order valence-corrected chi connectivity index (χ4v) is 5.84. The molecule has 0 spiro atoms. The number of nitrogens with one attached hydrogen (secondary N) is 1. The maximum atomic E-state index is 12.6. The van der Waals surface area contributed by atoms with Crippen LogP contribution in [0, 0.1) is 0 Å². The number of carbonyl (C=O) groups is 4. The number of β-lactam (4-membered cyclic amide) rings is 1. The lowest BCUT2D eigenvalue weighted by atomic mass is 10.00. The average molecular weight is 376 g/mol. The minimum absolute atomic E-state index is 0.187. The zero-order chi connectivity index (χ0) is 18.7. The van der Waals surface area contributed by atoms with Gasteiger partial charge in [0.2, 0.25) is 12.0 Å². The molecule has 1 aliphatic carbocycles. The molecule has 136 valence electrons. The van der Waals surface area contributed by atoms with Gasteiger partial charge in [0.15, 0.2) is 5.54 Å². The first-order chi connectivity index (χ1) is 12.4. The highest BCUT2D eigenvalue weighted by Crippen LogP contribution is 2.71. The van der Waals surface area contributed by atoms with E-state index in [1.807, 2.05) is 6.92 Å². The molecule has 2 N–H and O–H groups in total. The molecule has 9 heteroatoms. The maximum absolute atomic E-state index is 12.6. The van der Waals surface area contributed by atoms with Crippen LogP contribution in [0.3, 0.4) is 0 Å². The Bertz CT molecular complexity index is 817. The molecular formula is C17H16N2O6S. The normalized spacial score (nSPS) is 34.8. The van der Waals surface area contributed by atoms with E-state index in [0.717, 1.165) is 0 Å². The van der Waals surface area contributed by atoms with Gasteiger partial charge in [-0.15, -0.1) is 11.8 Å². The van der Waals surface area contributed by atoms with Gasteiger partial charge in [0.25, 0.3) is 12.4 Å². The van der Waals surface area contributed by atoms with Gasteiger partial charge in [0, 0.05) is 12.0 Å². The van der Waals surface area contributed by atoms with E-state index in [0.29, 0.717) is 12.0 Å². The third kappa shape index (κ3) is 2.03. The van der Waals surface area contributed by atoms with Gasteiger partial charge in [-0.2, -0.15) is 0 Å². The van der Waals surface area contributed by atoms with E-state index in [4.69, 9.17) is 4.74 Å². The van der Waals surface area contributed by atoms with E-state index < -0.39 is 45.6 Å². The topological polar surface area (TPSA) is 113 Å². The highest BCUT2D eigenvalue weighted by molar-refractivity contribution is 8.02. The number of ether oxygens (including phenoxy) is 1. The van der Waals surface area contributed by atoms with E-state index >= 15 is 0 Å². The fraction of sp³-hybridized carbons (Fsp3) is 0.412. The van der Waals surface area contributed by atoms with Crippen molar-refractivity contribution in [1.29, 1.82) is 0 Å². The van der Waals surface area contributed by atoms with Crippen molar-refractivity contribution >= 4 is 36.0 Å². The summed E-state index contributed by atoms with van der Waals surface area (Å²) in [6.07, 6.45) is -0.760. The van der Waals surface area contributed by atoms with Gasteiger partial charge in [-0.25, -0.2) is 4.79 Å². The number of fused-ring (bicyclic) bond motifs is 3. The molecular weight excluding hydrogens is 360 g/mol. The van der Waals surface area contributed by atoms with Crippen LogP contribution in [-0.2, 0) is 23.9 Å². The number of thioether (sulfide) groups is 1. The largest absolute Gasteiger partial charge is 0.479 e. The second-order valence-corrected chi connectivity index (χ2v) is 8.42. The summed E-state index contributed by atoms with van der Waals surface area (Å²) in [7, 11) is 0. The third-order valence-corrected chi connectivity index (χ3v) is 7.09. The molecule has 3 aliphatic rings. The molecule has 4 unspecified atom stereocenters. The Kier molecular flexibility index (Phi) is 3.56. The van der Waals surface area contributed by atoms with Crippen LogP contribution in [0.2, 0.25) is 0 Å². The first-order valence-electron chi connectivity index (χ1n) is 8.04. The lowest BCUT2D eigenvalue weighted by Gasteiger charge is -2.46. The molecule has 2 amide bonds. The minimum Gasteiger partial charge on any atom is -0.479 e. The summed E-state index contributed by atoms with van der Waals surface area (Å²) in [6.45, 7) is 2.00. The summed E-state index contributed by atoms with van der Waals surface area (Å²) in [4.78, 5) is 48.9. The molecule has 2 aliphatic heterocycles. The number of hydrogen-bond donors (Lipinski definition) is 2. The van der Waals surface area contributed by atoms with Crippen LogP contribution in [0.1, 0.15) is 25.0 Å². The molecule has 0 radical (unpaired) electrons. The van der Waals surface area contributed by atoms with Crippen LogP contribution in [0.15, 0.2) is 30.3 Å². The quantitative estimate of drug-likeness (QED) is 0.542. The van der Waals surface area contributed by atoms with Crippen LogP contribution in [0.4, 0.5) is 0 Å². The van der Waals surface area contributed by atoms with E-state index in [1.54, 1.807) is 30.3 Å². The molecule has 1 saturated carbocycles. The SMILES string of the molecule is CC12CC1(C(=O)O)N1C(=O)C(NC(=O)C(OC=O)c3ccccc3)[C@H]1S2. The molecule has 5 atom stereocenters. The molecule has 8 nitrogen and oxygen atoms in total. The predicted octanol–water partition coefficient (Wildman–Crippen LogP) is 0.286. The molecule has 2 heterocycles. The van der Waals surface area contributed by atoms with E-state index in [9.17, 15) is 24.3 Å². The third-order valence-electron chi connectivity index (χ3n) is 5.36. The first kappa shape index (κ1) is 16.9. The number of carbonyl (C=O) groups excluding carboxylic acids is 3. The molecule has 1 aromatic carbocycles. The predicted molar refractivity (Wildman–Crippen MR) is 89.9 cm³/mol. The Hall–Kier alpha value is -2.55. The lowest BCUT2D eigenvalue weighted by Crippen LogP contribution is -2.72. The molecule has 3 fully saturated rings. The Morgan fingerprint density at radius 3 is 2.73 bits per heavy atom. The number of rotatable bonds is 6. The Morgan fingerprint density at radius 1 is 1.42 bits per heavy atom. The van der Waals surface area contributed by atoms with Crippen molar-refractivity contribution in [2.45, 2.75) is 41.2 Å². The van der Waals surface area contributed by atoms with Crippen LogP contribution in [0.25, 0.3) is 0 Å². The number of carboxylic acids is 1. The second kappa shape index (κ2) is 5.47. The number of aliphatic carboxylic acids is 1. The molecule has 4 rings (SSSR count). The van der Waals surface area contributed by atoms with Crippen LogP contribution < -0.4 is 5.32 Å². The van der Waals surface area contributed by atoms with Gasteiger partial charge in [-0.3, -0.25) is 14.4 Å². The molecule has 0 bridgehead atoms. The summed E-state index contributed by atoms with van der Waals surface area (Å²) >= 11 is 1.39. The van der Waals surface area contributed by atoms with Crippen molar-refractivity contribution in [2.24, 2.45) is 0 Å². The van der Waals surface area contributed by atoms with E-state index in [1.165, 1.54) is 16.7 Å². The standard InChI is InChI=1S/C17H16N2O6S/c1-16-7-17(16,15(23)24)19-13(22)10(14(19)26-16)18-12(21)11(25-8-20)9-5-3-2-4-6-9/h2-6,8,10-11,14H,7H2,1H3,(H,18,21)(H,23,24)/t10?,11?,14-,16?,17?/m1/s1.